The third-order valence-electron chi connectivity index (χ3n) is 6.21. The molecule has 0 aliphatic heterocycles. The molecule has 0 amide bonds. The van der Waals surface area contributed by atoms with Crippen molar-refractivity contribution in [2.45, 2.75) is 5.41 Å². The molecule has 0 atom stereocenters. The topological polar surface area (TPSA) is 0 Å². The predicted octanol–water partition coefficient (Wildman–Crippen LogP) is 5.05. The van der Waals surface area contributed by atoms with E-state index in [-0.39, 0.29) is 5.41 Å². The van der Waals surface area contributed by atoms with E-state index < -0.39 is 0 Å². The van der Waals surface area contributed by atoms with Crippen LogP contribution >= 0.6 is 15.9 Å². The SMILES string of the molecule is Bc1ccc2c(c1)C1(c3ccccc3-c3ccccc31)c1cc(Br)ccc1-2. The summed E-state index contributed by atoms with van der Waals surface area (Å²) in [7, 11) is 2.19. The molecule has 0 heterocycles. The Morgan fingerprint density at radius 3 is 1.74 bits per heavy atom. The minimum Gasteiger partial charge on any atom is -0.0886 e. The first-order valence-electron chi connectivity index (χ1n) is 9.32. The molecule has 0 bridgehead atoms. The van der Waals surface area contributed by atoms with Gasteiger partial charge in [0.25, 0.3) is 0 Å². The molecule has 0 N–H and O–H groups in total. The quantitative estimate of drug-likeness (QED) is 0.309. The fourth-order valence-electron chi connectivity index (χ4n) is 5.23. The number of halogens is 1. The zero-order valence-corrected chi connectivity index (χ0v) is 16.5. The van der Waals surface area contributed by atoms with Crippen LogP contribution in [0.4, 0.5) is 0 Å². The van der Waals surface area contributed by atoms with Crippen LogP contribution in [0, 0.1) is 0 Å². The van der Waals surface area contributed by atoms with Crippen molar-refractivity contribution in [1.82, 2.24) is 0 Å². The summed E-state index contributed by atoms with van der Waals surface area (Å²) in [5.74, 6) is 0. The van der Waals surface area contributed by atoms with E-state index in [1.54, 1.807) is 0 Å². The second kappa shape index (κ2) is 5.24. The molecule has 1 spiro atoms. The van der Waals surface area contributed by atoms with E-state index in [1.807, 2.05) is 0 Å². The summed E-state index contributed by atoms with van der Waals surface area (Å²) in [5, 5.41) is 0. The molecule has 2 heteroatoms. The van der Waals surface area contributed by atoms with E-state index in [1.165, 1.54) is 50.0 Å². The molecule has 2 aliphatic carbocycles. The third-order valence-corrected chi connectivity index (χ3v) is 6.70. The molecule has 0 unspecified atom stereocenters. The van der Waals surface area contributed by atoms with Crippen LogP contribution in [0.5, 0.6) is 0 Å². The van der Waals surface area contributed by atoms with Gasteiger partial charge in [0.05, 0.1) is 5.41 Å². The molecule has 0 fully saturated rings. The van der Waals surface area contributed by atoms with E-state index in [9.17, 15) is 0 Å². The highest BCUT2D eigenvalue weighted by atomic mass is 79.9. The highest BCUT2D eigenvalue weighted by Crippen LogP contribution is 2.62. The largest absolute Gasteiger partial charge is 0.139 e. The van der Waals surface area contributed by atoms with Crippen molar-refractivity contribution in [3.05, 3.63) is 112 Å². The molecule has 0 saturated heterocycles. The molecule has 27 heavy (non-hydrogen) atoms. The van der Waals surface area contributed by atoms with Crippen molar-refractivity contribution >= 4 is 29.2 Å². The van der Waals surface area contributed by atoms with Gasteiger partial charge in [-0.3, -0.25) is 0 Å². The van der Waals surface area contributed by atoms with E-state index in [0.717, 1.165) is 4.47 Å². The van der Waals surface area contributed by atoms with Gasteiger partial charge in [-0.15, -0.1) is 0 Å². The fraction of sp³-hybridized carbons (Fsp3) is 0.0400. The average molecular weight is 407 g/mol. The standard InChI is InChI=1S/C25H16BBr/c26-15-9-11-19-20-12-10-16(27)14-24(20)25(23(19)13-15)21-7-3-1-5-17(21)18-6-2-4-8-22(18)25/h1-14H,26H2. The van der Waals surface area contributed by atoms with E-state index in [4.69, 9.17) is 0 Å². The van der Waals surface area contributed by atoms with E-state index >= 15 is 0 Å². The van der Waals surface area contributed by atoms with Crippen molar-refractivity contribution in [2.24, 2.45) is 0 Å². The molecular formula is C25H16BBr. The molecule has 4 aromatic carbocycles. The first-order valence-corrected chi connectivity index (χ1v) is 10.1. The van der Waals surface area contributed by atoms with Crippen LogP contribution in [0.2, 0.25) is 0 Å². The van der Waals surface area contributed by atoms with Crippen LogP contribution in [0.25, 0.3) is 22.3 Å². The molecule has 126 valence electrons. The maximum atomic E-state index is 3.73. The van der Waals surface area contributed by atoms with Gasteiger partial charge in [-0.1, -0.05) is 94.2 Å². The van der Waals surface area contributed by atoms with Crippen LogP contribution < -0.4 is 5.46 Å². The van der Waals surface area contributed by atoms with Crippen molar-refractivity contribution < 1.29 is 0 Å². The minimum atomic E-state index is -0.229. The number of benzene rings is 4. The molecular weight excluding hydrogens is 391 g/mol. The Hall–Kier alpha value is -2.58. The summed E-state index contributed by atoms with van der Waals surface area (Å²) in [6.07, 6.45) is 0. The molecule has 2 aliphatic rings. The van der Waals surface area contributed by atoms with Crippen molar-refractivity contribution in [2.75, 3.05) is 0 Å². The van der Waals surface area contributed by atoms with E-state index in [2.05, 4.69) is 109 Å². The number of hydrogen-bond donors (Lipinski definition) is 0. The number of rotatable bonds is 0. The third kappa shape index (κ3) is 1.79. The summed E-state index contributed by atoms with van der Waals surface area (Å²) in [6, 6.07) is 31.5. The van der Waals surface area contributed by atoms with Crippen molar-refractivity contribution in [1.29, 1.82) is 0 Å². The van der Waals surface area contributed by atoms with Gasteiger partial charge >= 0.3 is 0 Å². The summed E-state index contributed by atoms with van der Waals surface area (Å²) < 4.78 is 1.13. The Morgan fingerprint density at radius 2 is 1.07 bits per heavy atom. The summed E-state index contributed by atoms with van der Waals surface area (Å²) in [6.45, 7) is 0. The van der Waals surface area contributed by atoms with Gasteiger partial charge in [0.2, 0.25) is 0 Å². The highest BCUT2D eigenvalue weighted by molar-refractivity contribution is 9.10. The Labute approximate surface area is 168 Å². The molecule has 6 rings (SSSR count). The molecule has 0 radical (unpaired) electrons. The molecule has 0 nitrogen and oxygen atoms in total. The summed E-state index contributed by atoms with van der Waals surface area (Å²) >= 11 is 3.73. The maximum absolute atomic E-state index is 3.73. The zero-order valence-electron chi connectivity index (χ0n) is 15.0. The van der Waals surface area contributed by atoms with Gasteiger partial charge in [0, 0.05) is 4.47 Å². The second-order valence-corrected chi connectivity index (χ2v) is 8.50. The lowest BCUT2D eigenvalue weighted by Gasteiger charge is -2.30. The summed E-state index contributed by atoms with van der Waals surface area (Å²) in [4.78, 5) is 0. The Balaban J connectivity index is 1.88. The Bertz CT molecular complexity index is 1160. The number of hydrogen-bond acceptors (Lipinski definition) is 0. The van der Waals surface area contributed by atoms with Gasteiger partial charge in [0.15, 0.2) is 0 Å². The van der Waals surface area contributed by atoms with Crippen LogP contribution in [0.15, 0.2) is 89.4 Å². The average Bonchev–Trinajstić information content (AvgIpc) is 3.14. The molecule has 4 aromatic rings. The number of fused-ring (bicyclic) bond motifs is 10. The van der Waals surface area contributed by atoms with Gasteiger partial charge in [-0.25, -0.2) is 0 Å². The predicted molar refractivity (Wildman–Crippen MR) is 119 cm³/mol. The lowest BCUT2D eigenvalue weighted by Crippen LogP contribution is -2.27. The van der Waals surface area contributed by atoms with Crippen LogP contribution in [-0.2, 0) is 5.41 Å². The van der Waals surface area contributed by atoms with E-state index in [0.29, 0.717) is 0 Å². The zero-order chi connectivity index (χ0) is 18.2. The van der Waals surface area contributed by atoms with Crippen LogP contribution in [0.1, 0.15) is 22.3 Å². The first kappa shape index (κ1) is 15.5. The molecule has 0 aromatic heterocycles. The van der Waals surface area contributed by atoms with Gasteiger partial charge < -0.3 is 0 Å². The minimum absolute atomic E-state index is 0.229. The Kier molecular flexibility index (Phi) is 3.00. The summed E-state index contributed by atoms with van der Waals surface area (Å²) in [5.41, 5.74) is 12.1. The normalized spacial score (nSPS) is 14.6. The Morgan fingerprint density at radius 1 is 0.556 bits per heavy atom. The van der Waals surface area contributed by atoms with Crippen LogP contribution in [-0.4, -0.2) is 7.85 Å². The van der Waals surface area contributed by atoms with Gasteiger partial charge in [-0.2, -0.15) is 0 Å². The highest BCUT2D eigenvalue weighted by Gasteiger charge is 2.51. The van der Waals surface area contributed by atoms with Gasteiger partial charge in [0.1, 0.15) is 7.85 Å². The lowest BCUT2D eigenvalue weighted by atomic mass is 9.70. The maximum Gasteiger partial charge on any atom is 0.139 e. The smallest absolute Gasteiger partial charge is 0.0886 e. The molecule has 0 saturated carbocycles. The lowest BCUT2D eigenvalue weighted by molar-refractivity contribution is 0.794. The van der Waals surface area contributed by atoms with Gasteiger partial charge in [-0.05, 0) is 56.6 Å². The monoisotopic (exact) mass is 406 g/mol. The fourth-order valence-corrected chi connectivity index (χ4v) is 5.59. The van der Waals surface area contributed by atoms with Crippen molar-refractivity contribution in [3.63, 3.8) is 0 Å². The first-order chi connectivity index (χ1) is 13.2. The van der Waals surface area contributed by atoms with Crippen LogP contribution in [0.3, 0.4) is 0 Å². The van der Waals surface area contributed by atoms with Crippen molar-refractivity contribution in [3.8, 4) is 22.3 Å². The second-order valence-electron chi connectivity index (χ2n) is 7.58.